The van der Waals surface area contributed by atoms with Crippen LogP contribution in [0.1, 0.15) is 19.4 Å². The van der Waals surface area contributed by atoms with E-state index in [9.17, 15) is 9.59 Å². The van der Waals surface area contributed by atoms with E-state index in [0.717, 1.165) is 5.56 Å². The Balaban J connectivity index is 1.92. The predicted molar refractivity (Wildman–Crippen MR) is 102 cm³/mol. The van der Waals surface area contributed by atoms with Crippen LogP contribution in [0.2, 0.25) is 10.0 Å². The smallest absolute Gasteiger partial charge is 0.319 e. The highest BCUT2D eigenvalue weighted by Gasteiger charge is 2.08. The Kier molecular flexibility index (Phi) is 6.67. The summed E-state index contributed by atoms with van der Waals surface area (Å²) in [5, 5.41) is 9.08. The summed E-state index contributed by atoms with van der Waals surface area (Å²) in [6.45, 7) is 3.96. The molecule has 0 bridgehead atoms. The van der Waals surface area contributed by atoms with E-state index < -0.39 is 0 Å². The number of carbonyl (C=O) groups is 2. The van der Waals surface area contributed by atoms with Gasteiger partial charge in [0.25, 0.3) is 0 Å². The van der Waals surface area contributed by atoms with Gasteiger partial charge in [0.1, 0.15) is 0 Å². The molecule has 7 heteroatoms. The molecule has 0 aliphatic heterocycles. The maximum Gasteiger partial charge on any atom is 0.319 e. The van der Waals surface area contributed by atoms with Crippen LogP contribution >= 0.6 is 23.2 Å². The molecule has 0 heterocycles. The Morgan fingerprint density at radius 2 is 1.80 bits per heavy atom. The van der Waals surface area contributed by atoms with Crippen molar-refractivity contribution in [2.24, 2.45) is 5.92 Å². The maximum absolute atomic E-state index is 12.0. The van der Waals surface area contributed by atoms with Crippen LogP contribution in [0, 0.1) is 5.92 Å². The van der Waals surface area contributed by atoms with E-state index in [1.807, 2.05) is 32.0 Å². The van der Waals surface area contributed by atoms with E-state index in [1.54, 1.807) is 24.3 Å². The number of urea groups is 1. The Labute approximate surface area is 156 Å². The quantitative estimate of drug-likeness (QED) is 0.690. The highest BCUT2D eigenvalue weighted by molar-refractivity contribution is 6.36. The number of rotatable bonds is 5. The monoisotopic (exact) mass is 379 g/mol. The molecule has 0 unspecified atom stereocenters. The second-order valence-electron chi connectivity index (χ2n) is 5.78. The van der Waals surface area contributed by atoms with Gasteiger partial charge in [-0.05, 0) is 35.9 Å². The lowest BCUT2D eigenvalue weighted by Crippen LogP contribution is -2.28. The zero-order valence-corrected chi connectivity index (χ0v) is 15.4. The molecule has 3 amide bonds. The number of hydrogen-bond donors (Lipinski definition) is 3. The average molecular weight is 380 g/mol. The normalized spacial score (nSPS) is 10.4. The van der Waals surface area contributed by atoms with Gasteiger partial charge >= 0.3 is 6.03 Å². The molecule has 0 saturated carbocycles. The lowest BCUT2D eigenvalue weighted by Gasteiger charge is -2.11. The SMILES string of the molecule is CC(C)C(=O)Nc1cccc(CNC(=O)Nc2ccc(Cl)cc2Cl)c1. The molecule has 2 aromatic rings. The Morgan fingerprint density at radius 3 is 2.48 bits per heavy atom. The van der Waals surface area contributed by atoms with Crippen LogP contribution in [0.5, 0.6) is 0 Å². The van der Waals surface area contributed by atoms with E-state index in [4.69, 9.17) is 23.2 Å². The lowest BCUT2D eigenvalue weighted by atomic mass is 10.1. The van der Waals surface area contributed by atoms with Crippen molar-refractivity contribution in [2.45, 2.75) is 20.4 Å². The molecule has 0 aromatic heterocycles. The molecule has 0 radical (unpaired) electrons. The summed E-state index contributed by atoms with van der Waals surface area (Å²) >= 11 is 11.8. The molecule has 5 nitrogen and oxygen atoms in total. The first-order valence-electron chi connectivity index (χ1n) is 7.75. The molecule has 0 spiro atoms. The minimum atomic E-state index is -0.388. The van der Waals surface area contributed by atoms with Crippen molar-refractivity contribution in [1.82, 2.24) is 5.32 Å². The molecule has 0 atom stereocenters. The molecule has 132 valence electrons. The summed E-state index contributed by atoms with van der Waals surface area (Å²) in [5.74, 6) is -0.156. The number of nitrogens with one attached hydrogen (secondary N) is 3. The fourth-order valence-electron chi connectivity index (χ4n) is 1.99. The van der Waals surface area contributed by atoms with Gasteiger partial charge in [0, 0.05) is 23.2 Å². The summed E-state index contributed by atoms with van der Waals surface area (Å²) in [6, 6.07) is 11.7. The van der Waals surface area contributed by atoms with Crippen molar-refractivity contribution in [2.75, 3.05) is 10.6 Å². The van der Waals surface area contributed by atoms with E-state index in [0.29, 0.717) is 28.0 Å². The molecular formula is C18H19Cl2N3O2. The molecule has 0 aliphatic carbocycles. The number of amides is 3. The van der Waals surface area contributed by atoms with Gasteiger partial charge in [-0.1, -0.05) is 49.2 Å². The summed E-state index contributed by atoms with van der Waals surface area (Å²) in [7, 11) is 0. The third-order valence-electron chi connectivity index (χ3n) is 3.35. The van der Waals surface area contributed by atoms with Crippen molar-refractivity contribution in [3.8, 4) is 0 Å². The summed E-state index contributed by atoms with van der Waals surface area (Å²) < 4.78 is 0. The number of hydrogen-bond acceptors (Lipinski definition) is 2. The molecule has 0 aliphatic rings. The van der Waals surface area contributed by atoms with Gasteiger partial charge in [0.2, 0.25) is 5.91 Å². The van der Waals surface area contributed by atoms with Gasteiger partial charge in [-0.3, -0.25) is 4.79 Å². The van der Waals surface area contributed by atoms with Crippen LogP contribution in [-0.4, -0.2) is 11.9 Å². The lowest BCUT2D eigenvalue weighted by molar-refractivity contribution is -0.118. The number of anilines is 2. The first kappa shape index (κ1) is 19.1. The zero-order chi connectivity index (χ0) is 18.4. The first-order valence-corrected chi connectivity index (χ1v) is 8.50. The molecular weight excluding hydrogens is 361 g/mol. The van der Waals surface area contributed by atoms with Gasteiger partial charge in [0.15, 0.2) is 0 Å². The minimum absolute atomic E-state index is 0.0553. The second-order valence-corrected chi connectivity index (χ2v) is 6.62. The molecule has 0 fully saturated rings. The van der Waals surface area contributed by atoms with Crippen molar-refractivity contribution >= 4 is 46.5 Å². The predicted octanol–water partition coefficient (Wildman–Crippen LogP) is 4.91. The van der Waals surface area contributed by atoms with Gasteiger partial charge in [-0.2, -0.15) is 0 Å². The molecule has 0 saturated heterocycles. The molecule has 3 N–H and O–H groups in total. The maximum atomic E-state index is 12.0. The fraction of sp³-hybridized carbons (Fsp3) is 0.222. The van der Waals surface area contributed by atoms with Crippen LogP contribution < -0.4 is 16.0 Å². The zero-order valence-electron chi connectivity index (χ0n) is 13.9. The third-order valence-corrected chi connectivity index (χ3v) is 3.90. The number of benzene rings is 2. The van der Waals surface area contributed by atoms with E-state index in [-0.39, 0.29) is 17.9 Å². The Morgan fingerprint density at radius 1 is 1.04 bits per heavy atom. The summed E-state index contributed by atoms with van der Waals surface area (Å²) in [6.07, 6.45) is 0. The van der Waals surface area contributed by atoms with Crippen molar-refractivity contribution in [3.63, 3.8) is 0 Å². The van der Waals surface area contributed by atoms with Gasteiger partial charge in [-0.15, -0.1) is 0 Å². The highest BCUT2D eigenvalue weighted by atomic mass is 35.5. The van der Waals surface area contributed by atoms with Crippen LogP contribution in [0.4, 0.5) is 16.2 Å². The van der Waals surface area contributed by atoms with Crippen LogP contribution in [0.25, 0.3) is 0 Å². The minimum Gasteiger partial charge on any atom is -0.334 e. The highest BCUT2D eigenvalue weighted by Crippen LogP contribution is 2.25. The van der Waals surface area contributed by atoms with E-state index >= 15 is 0 Å². The fourth-order valence-corrected chi connectivity index (χ4v) is 2.44. The van der Waals surface area contributed by atoms with Gasteiger partial charge in [0.05, 0.1) is 10.7 Å². The largest absolute Gasteiger partial charge is 0.334 e. The number of halogens is 2. The third kappa shape index (κ3) is 5.96. The standard InChI is InChI=1S/C18H19Cl2N3O2/c1-11(2)17(24)22-14-5-3-4-12(8-14)10-21-18(25)23-16-7-6-13(19)9-15(16)20/h3-9,11H,10H2,1-2H3,(H,22,24)(H2,21,23,25). The summed E-state index contributed by atoms with van der Waals surface area (Å²) in [5.41, 5.74) is 2.03. The topological polar surface area (TPSA) is 70.2 Å². The molecule has 25 heavy (non-hydrogen) atoms. The van der Waals surface area contributed by atoms with E-state index in [1.165, 1.54) is 0 Å². The van der Waals surface area contributed by atoms with Crippen LogP contribution in [-0.2, 0) is 11.3 Å². The molecule has 2 rings (SSSR count). The van der Waals surface area contributed by atoms with Crippen molar-refractivity contribution in [1.29, 1.82) is 0 Å². The van der Waals surface area contributed by atoms with E-state index in [2.05, 4.69) is 16.0 Å². The van der Waals surface area contributed by atoms with Crippen molar-refractivity contribution < 1.29 is 9.59 Å². The first-order chi connectivity index (χ1) is 11.8. The Hall–Kier alpha value is -2.24. The van der Waals surface area contributed by atoms with Crippen LogP contribution in [0.3, 0.4) is 0 Å². The second kappa shape index (κ2) is 8.74. The van der Waals surface area contributed by atoms with Crippen LogP contribution in [0.15, 0.2) is 42.5 Å². The molecule has 2 aromatic carbocycles. The van der Waals surface area contributed by atoms with Crippen molar-refractivity contribution in [3.05, 3.63) is 58.1 Å². The average Bonchev–Trinajstić information content (AvgIpc) is 2.56. The Bertz CT molecular complexity index is 779. The van der Waals surface area contributed by atoms with Gasteiger partial charge in [-0.25, -0.2) is 4.79 Å². The summed E-state index contributed by atoms with van der Waals surface area (Å²) in [4.78, 5) is 23.7. The van der Waals surface area contributed by atoms with Gasteiger partial charge < -0.3 is 16.0 Å². The number of carbonyl (C=O) groups excluding carboxylic acids is 2.